The van der Waals surface area contributed by atoms with Gasteiger partial charge in [-0.15, -0.1) is 0 Å². The Kier molecular flexibility index (Phi) is 5.93. The van der Waals surface area contributed by atoms with Crippen molar-refractivity contribution in [3.63, 3.8) is 0 Å². The Morgan fingerprint density at radius 2 is 1.88 bits per heavy atom. The average Bonchev–Trinajstić information content (AvgIpc) is 3.03. The van der Waals surface area contributed by atoms with Crippen molar-refractivity contribution in [2.24, 2.45) is 0 Å². The van der Waals surface area contributed by atoms with Crippen LogP contribution in [0.15, 0.2) is 17.0 Å². The minimum absolute atomic E-state index is 0.0167. The lowest BCUT2D eigenvalue weighted by Gasteiger charge is -2.17. The number of nitrogens with one attached hydrogen (secondary N) is 2. The smallest absolute Gasteiger partial charge is 0.239 e. The number of amides is 1. The quantitative estimate of drug-likeness (QED) is 0.770. The third-order valence-corrected chi connectivity index (χ3v) is 5.13. The number of carbonyl (C=O) groups is 1. The van der Waals surface area contributed by atoms with Gasteiger partial charge in [0.05, 0.1) is 26.5 Å². The number of sulfone groups is 1. The van der Waals surface area contributed by atoms with E-state index in [4.69, 9.17) is 9.47 Å². The van der Waals surface area contributed by atoms with Crippen molar-refractivity contribution < 1.29 is 22.7 Å². The monoisotopic (exact) mass is 356 g/mol. The predicted octanol–water partition coefficient (Wildman–Crippen LogP) is 1.58. The van der Waals surface area contributed by atoms with Gasteiger partial charge in [0.2, 0.25) is 5.91 Å². The SMILES string of the molecule is COc1cc(NCC(=O)NC2CCCC2)c(OC)c(S(C)(=O)=O)c1. The molecule has 1 aliphatic carbocycles. The van der Waals surface area contributed by atoms with Crippen LogP contribution in [0.4, 0.5) is 5.69 Å². The Labute approximate surface area is 142 Å². The zero-order valence-electron chi connectivity index (χ0n) is 14.2. The van der Waals surface area contributed by atoms with Gasteiger partial charge >= 0.3 is 0 Å². The molecule has 1 aliphatic rings. The lowest BCUT2D eigenvalue weighted by molar-refractivity contribution is -0.120. The Bertz CT molecular complexity index is 697. The highest BCUT2D eigenvalue weighted by Crippen LogP contribution is 2.36. The van der Waals surface area contributed by atoms with E-state index in [1.807, 2.05) is 0 Å². The summed E-state index contributed by atoms with van der Waals surface area (Å²) in [6.45, 7) is 0.0310. The van der Waals surface area contributed by atoms with Gasteiger partial charge in [0.15, 0.2) is 15.6 Å². The molecule has 0 heterocycles. The highest BCUT2D eigenvalue weighted by atomic mass is 32.2. The van der Waals surface area contributed by atoms with Crippen LogP contribution < -0.4 is 20.1 Å². The van der Waals surface area contributed by atoms with Crippen molar-refractivity contribution in [3.8, 4) is 11.5 Å². The number of hydrogen-bond acceptors (Lipinski definition) is 6. The maximum absolute atomic E-state index is 12.0. The Hall–Kier alpha value is -1.96. The normalized spacial score (nSPS) is 15.1. The van der Waals surface area contributed by atoms with Crippen molar-refractivity contribution >= 4 is 21.4 Å². The molecule has 0 aromatic heterocycles. The third-order valence-electron chi connectivity index (χ3n) is 4.03. The van der Waals surface area contributed by atoms with Gasteiger partial charge in [-0.05, 0) is 12.8 Å². The van der Waals surface area contributed by atoms with Crippen molar-refractivity contribution in [2.45, 2.75) is 36.6 Å². The van der Waals surface area contributed by atoms with E-state index >= 15 is 0 Å². The summed E-state index contributed by atoms with van der Waals surface area (Å²) in [5, 5.41) is 5.91. The molecule has 0 spiro atoms. The molecule has 7 nitrogen and oxygen atoms in total. The Morgan fingerprint density at radius 1 is 1.21 bits per heavy atom. The second-order valence-corrected chi connectivity index (χ2v) is 7.87. The molecule has 2 rings (SSSR count). The van der Waals surface area contributed by atoms with E-state index in [9.17, 15) is 13.2 Å². The number of rotatable bonds is 7. The molecule has 134 valence electrons. The largest absolute Gasteiger partial charge is 0.497 e. The van der Waals surface area contributed by atoms with Gasteiger partial charge in [-0.1, -0.05) is 12.8 Å². The molecule has 2 N–H and O–H groups in total. The summed E-state index contributed by atoms with van der Waals surface area (Å²) in [6.07, 6.45) is 5.39. The van der Waals surface area contributed by atoms with Gasteiger partial charge in [-0.25, -0.2) is 8.42 Å². The van der Waals surface area contributed by atoms with Crippen molar-refractivity contribution in [1.29, 1.82) is 0 Å². The van der Waals surface area contributed by atoms with Crippen molar-refractivity contribution in [3.05, 3.63) is 12.1 Å². The molecule has 1 saturated carbocycles. The standard InChI is InChI=1S/C16H24N2O5S/c1-22-12-8-13(16(23-2)14(9-12)24(3,20)21)17-10-15(19)18-11-6-4-5-7-11/h8-9,11,17H,4-7,10H2,1-3H3,(H,18,19). The molecule has 1 aromatic carbocycles. The van der Waals surface area contributed by atoms with Gasteiger partial charge in [-0.3, -0.25) is 4.79 Å². The zero-order chi connectivity index (χ0) is 17.7. The molecular formula is C16H24N2O5S. The van der Waals surface area contributed by atoms with Crippen LogP contribution in [0.2, 0.25) is 0 Å². The van der Waals surface area contributed by atoms with E-state index in [-0.39, 0.29) is 29.1 Å². The molecule has 0 aliphatic heterocycles. The van der Waals surface area contributed by atoms with E-state index < -0.39 is 9.84 Å². The zero-order valence-corrected chi connectivity index (χ0v) is 15.0. The maximum atomic E-state index is 12.0. The average molecular weight is 356 g/mol. The molecular weight excluding hydrogens is 332 g/mol. The summed E-state index contributed by atoms with van der Waals surface area (Å²) in [5.41, 5.74) is 0.402. The maximum Gasteiger partial charge on any atom is 0.239 e. The second kappa shape index (κ2) is 7.74. The molecule has 0 atom stereocenters. The van der Waals surface area contributed by atoms with Crippen LogP contribution in [0.25, 0.3) is 0 Å². The first-order valence-corrected chi connectivity index (χ1v) is 9.73. The van der Waals surface area contributed by atoms with Gasteiger partial charge in [0, 0.05) is 24.4 Å². The number of ether oxygens (including phenoxy) is 2. The van der Waals surface area contributed by atoms with Crippen LogP contribution in [-0.2, 0) is 14.6 Å². The number of anilines is 1. The molecule has 1 fully saturated rings. The van der Waals surface area contributed by atoms with Gasteiger partial charge in [-0.2, -0.15) is 0 Å². The number of hydrogen-bond donors (Lipinski definition) is 2. The summed E-state index contributed by atoms with van der Waals surface area (Å²) in [7, 11) is -0.665. The molecule has 24 heavy (non-hydrogen) atoms. The molecule has 0 unspecified atom stereocenters. The lowest BCUT2D eigenvalue weighted by Crippen LogP contribution is -2.36. The molecule has 8 heteroatoms. The summed E-state index contributed by atoms with van der Waals surface area (Å²) < 4.78 is 34.3. The van der Waals surface area contributed by atoms with Crippen LogP contribution in [0.1, 0.15) is 25.7 Å². The number of benzene rings is 1. The molecule has 0 bridgehead atoms. The number of carbonyl (C=O) groups excluding carboxylic acids is 1. The molecule has 1 aromatic rings. The Morgan fingerprint density at radius 3 is 2.42 bits per heavy atom. The van der Waals surface area contributed by atoms with Gasteiger partial charge in [0.1, 0.15) is 10.6 Å². The summed E-state index contributed by atoms with van der Waals surface area (Å²) in [5.74, 6) is 0.412. The third kappa shape index (κ3) is 4.53. The molecule has 1 amide bonds. The topological polar surface area (TPSA) is 93.7 Å². The first-order valence-electron chi connectivity index (χ1n) is 7.84. The highest BCUT2D eigenvalue weighted by molar-refractivity contribution is 7.90. The summed E-state index contributed by atoms with van der Waals surface area (Å²) >= 11 is 0. The van der Waals surface area contributed by atoms with Crippen LogP contribution in [0.5, 0.6) is 11.5 Å². The lowest BCUT2D eigenvalue weighted by atomic mass is 10.2. The fourth-order valence-electron chi connectivity index (χ4n) is 2.84. The predicted molar refractivity (Wildman–Crippen MR) is 91.5 cm³/mol. The van der Waals surface area contributed by atoms with Gasteiger partial charge < -0.3 is 20.1 Å². The summed E-state index contributed by atoms with van der Waals surface area (Å²) in [6, 6.07) is 3.24. The van der Waals surface area contributed by atoms with Crippen LogP contribution in [-0.4, -0.2) is 47.4 Å². The minimum Gasteiger partial charge on any atom is -0.497 e. The first kappa shape index (κ1) is 18.4. The summed E-state index contributed by atoms with van der Waals surface area (Å²) in [4.78, 5) is 12.1. The van der Waals surface area contributed by atoms with E-state index in [0.29, 0.717) is 11.4 Å². The second-order valence-electron chi connectivity index (χ2n) is 5.88. The van der Waals surface area contributed by atoms with E-state index in [1.54, 1.807) is 6.07 Å². The van der Waals surface area contributed by atoms with E-state index in [0.717, 1.165) is 31.9 Å². The van der Waals surface area contributed by atoms with Crippen LogP contribution in [0, 0.1) is 0 Å². The highest BCUT2D eigenvalue weighted by Gasteiger charge is 2.21. The molecule has 0 radical (unpaired) electrons. The first-order chi connectivity index (χ1) is 11.3. The fraction of sp³-hybridized carbons (Fsp3) is 0.562. The van der Waals surface area contributed by atoms with E-state index in [2.05, 4.69) is 10.6 Å². The van der Waals surface area contributed by atoms with Crippen molar-refractivity contribution in [2.75, 3.05) is 32.3 Å². The van der Waals surface area contributed by atoms with Crippen LogP contribution in [0.3, 0.4) is 0 Å². The Balaban J connectivity index is 2.17. The van der Waals surface area contributed by atoms with Crippen molar-refractivity contribution in [1.82, 2.24) is 5.32 Å². The minimum atomic E-state index is -3.50. The molecule has 0 saturated heterocycles. The fourth-order valence-corrected chi connectivity index (χ4v) is 3.70. The van der Waals surface area contributed by atoms with E-state index in [1.165, 1.54) is 20.3 Å². The number of methoxy groups -OCH3 is 2. The van der Waals surface area contributed by atoms with Crippen LogP contribution >= 0.6 is 0 Å². The van der Waals surface area contributed by atoms with Gasteiger partial charge in [0.25, 0.3) is 0 Å².